The molecule has 0 aromatic heterocycles. The number of ether oxygens (including phenoxy) is 1. The van der Waals surface area contributed by atoms with Gasteiger partial charge in [-0.15, -0.1) is 0 Å². The fourth-order valence-corrected chi connectivity index (χ4v) is 2.40. The van der Waals surface area contributed by atoms with Crippen molar-refractivity contribution in [1.29, 1.82) is 0 Å². The highest BCUT2D eigenvalue weighted by Crippen LogP contribution is 2.24. The van der Waals surface area contributed by atoms with E-state index in [1.807, 2.05) is 36.4 Å². The Morgan fingerprint density at radius 3 is 2.48 bits per heavy atom. The molecule has 0 heterocycles. The molecule has 3 heteroatoms. The smallest absolute Gasteiger partial charge is 0.306 e. The summed E-state index contributed by atoms with van der Waals surface area (Å²) in [6.07, 6.45) is 5.23. The van der Waals surface area contributed by atoms with Crippen molar-refractivity contribution in [3.63, 3.8) is 0 Å². The van der Waals surface area contributed by atoms with Gasteiger partial charge in [-0.05, 0) is 36.6 Å². The van der Waals surface area contributed by atoms with Crippen molar-refractivity contribution in [2.75, 3.05) is 6.61 Å². The number of phenols is 1. The number of benzene rings is 2. The largest absolute Gasteiger partial charge is 0.508 e. The van der Waals surface area contributed by atoms with Crippen molar-refractivity contribution in [3.05, 3.63) is 77.9 Å². The quantitative estimate of drug-likeness (QED) is 0.615. The van der Waals surface area contributed by atoms with Crippen LogP contribution >= 0.6 is 0 Å². The molecule has 0 saturated carbocycles. The number of esters is 1. The van der Waals surface area contributed by atoms with Crippen molar-refractivity contribution < 1.29 is 14.6 Å². The van der Waals surface area contributed by atoms with Gasteiger partial charge in [0.15, 0.2) is 0 Å². The second kappa shape index (κ2) is 8.79. The third kappa shape index (κ3) is 5.62. The van der Waals surface area contributed by atoms with E-state index >= 15 is 0 Å². The van der Waals surface area contributed by atoms with E-state index in [0.717, 1.165) is 12.0 Å². The Morgan fingerprint density at radius 1 is 1.13 bits per heavy atom. The lowest BCUT2D eigenvalue weighted by Crippen LogP contribution is -2.09. The number of carbonyl (C=O) groups is 1. The number of allylic oxidation sites excluding steroid dienone is 2. The minimum atomic E-state index is -0.213. The van der Waals surface area contributed by atoms with E-state index in [4.69, 9.17) is 4.74 Å². The van der Waals surface area contributed by atoms with Crippen LogP contribution in [0.1, 0.15) is 30.4 Å². The maximum absolute atomic E-state index is 11.8. The molecule has 0 amide bonds. The Kier molecular flexibility index (Phi) is 6.42. The second-order valence-electron chi connectivity index (χ2n) is 5.33. The summed E-state index contributed by atoms with van der Waals surface area (Å²) in [7, 11) is 0. The third-order valence-corrected chi connectivity index (χ3v) is 3.58. The molecule has 1 N–H and O–H groups in total. The van der Waals surface area contributed by atoms with Gasteiger partial charge in [-0.1, -0.05) is 54.6 Å². The molecule has 2 rings (SSSR count). The molecule has 0 aliphatic carbocycles. The summed E-state index contributed by atoms with van der Waals surface area (Å²) in [5.41, 5.74) is 2.21. The van der Waals surface area contributed by atoms with Crippen LogP contribution in [0.2, 0.25) is 0 Å². The Hall–Kier alpha value is -2.55. The first-order chi connectivity index (χ1) is 11.2. The minimum Gasteiger partial charge on any atom is -0.508 e. The maximum atomic E-state index is 11.8. The lowest BCUT2D eigenvalue weighted by molar-refractivity contribution is -0.143. The molecule has 1 atom stereocenters. The molecule has 0 aliphatic rings. The van der Waals surface area contributed by atoms with E-state index in [0.29, 0.717) is 13.0 Å². The van der Waals surface area contributed by atoms with E-state index in [-0.39, 0.29) is 17.6 Å². The number of carbonyl (C=O) groups excluding carboxylic acids is 1. The first kappa shape index (κ1) is 16.8. The summed E-state index contributed by atoms with van der Waals surface area (Å²) in [5.74, 6) is -0.0507. The molecule has 0 unspecified atom stereocenters. The lowest BCUT2D eigenvalue weighted by atomic mass is 9.94. The van der Waals surface area contributed by atoms with Gasteiger partial charge in [-0.2, -0.15) is 0 Å². The van der Waals surface area contributed by atoms with Gasteiger partial charge in [0.25, 0.3) is 0 Å². The summed E-state index contributed by atoms with van der Waals surface area (Å²) < 4.78 is 5.06. The Morgan fingerprint density at radius 2 is 1.83 bits per heavy atom. The molecule has 0 aliphatic heterocycles. The number of phenolic OH excluding ortho intramolecular Hbond substituents is 1. The number of aromatic hydroxyl groups is 1. The van der Waals surface area contributed by atoms with Gasteiger partial charge in [0.1, 0.15) is 5.75 Å². The van der Waals surface area contributed by atoms with Crippen LogP contribution in [0.15, 0.2) is 66.7 Å². The van der Waals surface area contributed by atoms with Crippen molar-refractivity contribution >= 4 is 5.97 Å². The van der Waals surface area contributed by atoms with Crippen molar-refractivity contribution in [2.24, 2.45) is 0 Å². The molecular weight excluding hydrogens is 288 g/mol. The van der Waals surface area contributed by atoms with Gasteiger partial charge in [0.05, 0.1) is 13.0 Å². The maximum Gasteiger partial charge on any atom is 0.306 e. The molecule has 3 nitrogen and oxygen atoms in total. The Labute approximate surface area is 137 Å². The van der Waals surface area contributed by atoms with Gasteiger partial charge < -0.3 is 9.84 Å². The van der Waals surface area contributed by atoms with Crippen LogP contribution in [0, 0.1) is 0 Å². The van der Waals surface area contributed by atoms with Crippen LogP contribution in [-0.2, 0) is 16.0 Å². The molecule has 0 radical (unpaired) electrons. The fraction of sp³-hybridized carbons (Fsp3) is 0.250. The zero-order chi connectivity index (χ0) is 16.5. The zero-order valence-corrected chi connectivity index (χ0v) is 13.3. The summed E-state index contributed by atoms with van der Waals surface area (Å²) >= 11 is 0. The predicted octanol–water partition coefficient (Wildman–Crippen LogP) is 4.23. The van der Waals surface area contributed by atoms with Crippen LogP contribution in [0.4, 0.5) is 0 Å². The fourth-order valence-electron chi connectivity index (χ4n) is 2.40. The van der Waals surface area contributed by atoms with Crippen LogP contribution in [0.3, 0.4) is 0 Å². The highest BCUT2D eigenvalue weighted by atomic mass is 16.5. The Balaban J connectivity index is 2.09. The summed E-state index contributed by atoms with van der Waals surface area (Å²) in [6, 6.07) is 17.1. The third-order valence-electron chi connectivity index (χ3n) is 3.58. The van der Waals surface area contributed by atoms with Crippen molar-refractivity contribution in [1.82, 2.24) is 0 Å². The molecule has 0 spiro atoms. The SMILES string of the molecule is CCOC(=O)C[C@H](C=CCc1ccccc1)c1ccc(O)cc1. The van der Waals surface area contributed by atoms with Crippen LogP contribution in [0.5, 0.6) is 5.75 Å². The summed E-state index contributed by atoms with van der Waals surface area (Å²) in [5, 5.41) is 9.42. The van der Waals surface area contributed by atoms with Gasteiger partial charge in [-0.3, -0.25) is 4.79 Å². The second-order valence-corrected chi connectivity index (χ2v) is 5.33. The van der Waals surface area contributed by atoms with Crippen LogP contribution < -0.4 is 0 Å². The monoisotopic (exact) mass is 310 g/mol. The molecule has 2 aromatic rings. The topological polar surface area (TPSA) is 46.5 Å². The lowest BCUT2D eigenvalue weighted by Gasteiger charge is -2.13. The molecular formula is C20H22O3. The van der Waals surface area contributed by atoms with Gasteiger partial charge in [-0.25, -0.2) is 0 Å². The molecule has 0 bridgehead atoms. The van der Waals surface area contributed by atoms with Gasteiger partial charge in [0.2, 0.25) is 0 Å². The van der Waals surface area contributed by atoms with Crippen molar-refractivity contribution in [3.8, 4) is 5.75 Å². The molecule has 120 valence electrons. The normalized spacial score (nSPS) is 12.2. The molecule has 2 aromatic carbocycles. The van der Waals surface area contributed by atoms with Gasteiger partial charge >= 0.3 is 5.97 Å². The van der Waals surface area contributed by atoms with E-state index in [2.05, 4.69) is 18.2 Å². The highest BCUT2D eigenvalue weighted by molar-refractivity contribution is 5.71. The predicted molar refractivity (Wildman–Crippen MR) is 91.4 cm³/mol. The van der Waals surface area contributed by atoms with Crippen LogP contribution in [0.25, 0.3) is 0 Å². The molecule has 23 heavy (non-hydrogen) atoms. The first-order valence-corrected chi connectivity index (χ1v) is 7.84. The van der Waals surface area contributed by atoms with E-state index < -0.39 is 0 Å². The average molecular weight is 310 g/mol. The zero-order valence-electron chi connectivity index (χ0n) is 13.3. The number of rotatable bonds is 7. The number of hydrogen-bond acceptors (Lipinski definition) is 3. The van der Waals surface area contributed by atoms with E-state index in [1.54, 1.807) is 19.1 Å². The van der Waals surface area contributed by atoms with E-state index in [1.165, 1.54) is 5.56 Å². The summed E-state index contributed by atoms with van der Waals surface area (Å²) in [4.78, 5) is 11.8. The first-order valence-electron chi connectivity index (χ1n) is 7.84. The molecule has 0 saturated heterocycles. The molecule has 0 fully saturated rings. The average Bonchev–Trinajstić information content (AvgIpc) is 2.56. The van der Waals surface area contributed by atoms with Crippen molar-refractivity contribution in [2.45, 2.75) is 25.7 Å². The summed E-state index contributed by atoms with van der Waals surface area (Å²) in [6.45, 7) is 2.19. The number of hydrogen-bond donors (Lipinski definition) is 1. The Bertz CT molecular complexity index is 630. The van der Waals surface area contributed by atoms with Crippen LogP contribution in [-0.4, -0.2) is 17.7 Å². The van der Waals surface area contributed by atoms with Gasteiger partial charge in [0, 0.05) is 5.92 Å². The minimum absolute atomic E-state index is 0.0571. The standard InChI is InChI=1S/C20H22O3/c1-2-23-20(22)15-18(17-11-13-19(21)14-12-17)10-6-9-16-7-4-3-5-8-16/h3-8,10-14,18,21H,2,9,15H2,1H3/t18-/m0/s1. The highest BCUT2D eigenvalue weighted by Gasteiger charge is 2.14. The van der Waals surface area contributed by atoms with E-state index in [9.17, 15) is 9.90 Å².